The van der Waals surface area contributed by atoms with Gasteiger partial charge in [0, 0.05) is 36.8 Å². The molecule has 0 radical (unpaired) electrons. The average Bonchev–Trinajstić information content (AvgIpc) is 3.34. The fraction of sp³-hybridized carbons (Fsp3) is 0.292. The maximum atomic E-state index is 13.0. The predicted octanol–water partition coefficient (Wildman–Crippen LogP) is 4.14. The molecule has 0 unspecified atom stereocenters. The molecule has 2 heterocycles. The highest BCUT2D eigenvalue weighted by molar-refractivity contribution is 7.15. The van der Waals surface area contributed by atoms with Gasteiger partial charge in [-0.05, 0) is 54.7 Å². The van der Waals surface area contributed by atoms with Gasteiger partial charge in [-0.15, -0.1) is 10.2 Å². The van der Waals surface area contributed by atoms with Crippen LogP contribution in [0, 0.1) is 11.7 Å². The molecule has 35 heavy (non-hydrogen) atoms. The summed E-state index contributed by atoms with van der Waals surface area (Å²) in [5.74, 6) is -0.955. The lowest BCUT2D eigenvalue weighted by atomic mass is 9.93. The first-order chi connectivity index (χ1) is 16.9. The molecule has 0 saturated carbocycles. The topological polar surface area (TPSA) is 104 Å². The van der Waals surface area contributed by atoms with Crippen LogP contribution in [0.15, 0.2) is 48.5 Å². The summed E-state index contributed by atoms with van der Waals surface area (Å²) in [6.07, 6.45) is 1.75. The van der Waals surface area contributed by atoms with Crippen molar-refractivity contribution in [3.8, 4) is 0 Å². The van der Waals surface area contributed by atoms with Gasteiger partial charge in [0.2, 0.25) is 15.9 Å². The fourth-order valence-corrected chi connectivity index (χ4v) is 4.66. The molecule has 0 aliphatic carbocycles. The second-order valence-electron chi connectivity index (χ2n) is 8.22. The molecule has 1 fully saturated rings. The molecule has 1 aliphatic heterocycles. The molecule has 0 bridgehead atoms. The number of carbonyl (C=O) groups excluding carboxylic acids is 3. The van der Waals surface area contributed by atoms with E-state index < -0.39 is 5.91 Å². The molecular weight excluding hydrogens is 493 g/mol. The summed E-state index contributed by atoms with van der Waals surface area (Å²) in [5, 5.41) is 14.0. The molecular formula is C24H23ClFN5O3S. The normalized spacial score (nSPS) is 13.9. The summed E-state index contributed by atoms with van der Waals surface area (Å²) >= 11 is 6.87. The number of benzene rings is 2. The Kier molecular flexibility index (Phi) is 8.04. The number of halogens is 2. The number of nitrogens with one attached hydrogen (secondary N) is 2. The van der Waals surface area contributed by atoms with E-state index in [1.807, 2.05) is 0 Å². The van der Waals surface area contributed by atoms with Crippen LogP contribution in [0.3, 0.4) is 0 Å². The Balaban J connectivity index is 1.23. The van der Waals surface area contributed by atoms with Crippen molar-refractivity contribution in [1.82, 2.24) is 20.4 Å². The van der Waals surface area contributed by atoms with Crippen molar-refractivity contribution in [3.63, 3.8) is 0 Å². The highest BCUT2D eigenvalue weighted by atomic mass is 35.5. The molecule has 1 aromatic heterocycles. The first kappa shape index (κ1) is 24.7. The summed E-state index contributed by atoms with van der Waals surface area (Å²) in [6, 6.07) is 12.7. The monoisotopic (exact) mass is 515 g/mol. The molecule has 2 N–H and O–H groups in total. The van der Waals surface area contributed by atoms with Crippen LogP contribution in [-0.2, 0) is 11.3 Å². The van der Waals surface area contributed by atoms with E-state index in [0.29, 0.717) is 49.6 Å². The molecule has 11 heteroatoms. The second kappa shape index (κ2) is 11.4. The Bertz CT molecular complexity index is 1210. The van der Waals surface area contributed by atoms with E-state index >= 15 is 0 Å². The Morgan fingerprint density at radius 3 is 2.49 bits per heavy atom. The van der Waals surface area contributed by atoms with Crippen LogP contribution in [0.4, 0.5) is 10.1 Å². The number of likely N-dealkylation sites (tertiary alicyclic amines) is 1. The van der Waals surface area contributed by atoms with E-state index in [2.05, 4.69) is 20.8 Å². The summed E-state index contributed by atoms with van der Waals surface area (Å²) in [7, 11) is 0. The largest absolute Gasteiger partial charge is 0.352 e. The summed E-state index contributed by atoms with van der Waals surface area (Å²) in [6.45, 7) is 1.34. The van der Waals surface area contributed by atoms with Crippen LogP contribution in [0.5, 0.6) is 0 Å². The molecule has 3 aromatic rings. The molecule has 8 nitrogen and oxygen atoms in total. The molecule has 1 saturated heterocycles. The third-order valence-electron chi connectivity index (χ3n) is 5.66. The SMILES string of the molecule is O=C(CC1CCN(C(=O)c2nnc(C(=O)Nc3cccc(Cl)c3)s2)CC1)NCc1ccc(F)cc1. The zero-order valence-corrected chi connectivity index (χ0v) is 20.2. The zero-order valence-electron chi connectivity index (χ0n) is 18.7. The number of piperidine rings is 1. The number of rotatable bonds is 7. The van der Waals surface area contributed by atoms with Crippen LogP contribution in [0.2, 0.25) is 5.02 Å². The Morgan fingerprint density at radius 2 is 1.77 bits per heavy atom. The number of nitrogens with zero attached hydrogens (tertiary/aromatic N) is 3. The smallest absolute Gasteiger partial charge is 0.286 e. The van der Waals surface area contributed by atoms with Crippen LogP contribution < -0.4 is 10.6 Å². The van der Waals surface area contributed by atoms with E-state index in [4.69, 9.17) is 11.6 Å². The number of aromatic nitrogens is 2. The minimum absolute atomic E-state index is 0.0708. The van der Waals surface area contributed by atoms with Crippen molar-refractivity contribution in [1.29, 1.82) is 0 Å². The molecule has 0 atom stereocenters. The van der Waals surface area contributed by atoms with E-state index in [1.54, 1.807) is 41.3 Å². The van der Waals surface area contributed by atoms with Gasteiger partial charge in [0.15, 0.2) is 0 Å². The molecule has 0 spiro atoms. The predicted molar refractivity (Wildman–Crippen MR) is 131 cm³/mol. The highest BCUT2D eigenvalue weighted by Gasteiger charge is 2.28. The van der Waals surface area contributed by atoms with Crippen LogP contribution in [-0.4, -0.2) is 45.9 Å². The average molecular weight is 516 g/mol. The lowest BCUT2D eigenvalue weighted by Crippen LogP contribution is -2.39. The van der Waals surface area contributed by atoms with Gasteiger partial charge in [-0.3, -0.25) is 14.4 Å². The lowest BCUT2D eigenvalue weighted by molar-refractivity contribution is -0.122. The number of amides is 3. The number of hydrogen-bond donors (Lipinski definition) is 2. The van der Waals surface area contributed by atoms with Crippen molar-refractivity contribution < 1.29 is 18.8 Å². The van der Waals surface area contributed by atoms with Crippen LogP contribution in [0.25, 0.3) is 0 Å². The van der Waals surface area contributed by atoms with Gasteiger partial charge >= 0.3 is 0 Å². The third kappa shape index (κ3) is 6.83. The first-order valence-corrected chi connectivity index (χ1v) is 12.3. The summed E-state index contributed by atoms with van der Waals surface area (Å²) < 4.78 is 13.0. The van der Waals surface area contributed by atoms with Gasteiger partial charge in [-0.1, -0.05) is 41.1 Å². The van der Waals surface area contributed by atoms with Crippen molar-refractivity contribution >= 4 is 46.3 Å². The second-order valence-corrected chi connectivity index (χ2v) is 9.63. The van der Waals surface area contributed by atoms with Crippen molar-refractivity contribution in [2.45, 2.75) is 25.8 Å². The van der Waals surface area contributed by atoms with Gasteiger partial charge in [0.1, 0.15) is 5.82 Å². The minimum Gasteiger partial charge on any atom is -0.352 e. The minimum atomic E-state index is -0.464. The van der Waals surface area contributed by atoms with E-state index in [1.165, 1.54) is 12.1 Å². The summed E-state index contributed by atoms with van der Waals surface area (Å²) in [5.41, 5.74) is 1.35. The van der Waals surface area contributed by atoms with Gasteiger partial charge < -0.3 is 15.5 Å². The third-order valence-corrected chi connectivity index (χ3v) is 6.81. The van der Waals surface area contributed by atoms with E-state index in [0.717, 1.165) is 16.9 Å². The Morgan fingerprint density at radius 1 is 1.06 bits per heavy atom. The Hall–Kier alpha value is -3.37. The quantitative estimate of drug-likeness (QED) is 0.492. The lowest BCUT2D eigenvalue weighted by Gasteiger charge is -2.31. The standard InChI is InChI=1S/C24H23ClFN5O3S/c25-17-2-1-3-19(13-17)28-21(33)22-29-30-23(35-22)24(34)31-10-8-15(9-11-31)12-20(32)27-14-16-4-6-18(26)7-5-16/h1-7,13,15H,8-12,14H2,(H,27,32)(H,28,33). The van der Waals surface area contributed by atoms with Crippen molar-refractivity contribution in [2.75, 3.05) is 18.4 Å². The van der Waals surface area contributed by atoms with E-state index in [-0.39, 0.29) is 33.6 Å². The molecule has 2 aromatic carbocycles. The number of anilines is 1. The van der Waals surface area contributed by atoms with Crippen LogP contribution >= 0.6 is 22.9 Å². The van der Waals surface area contributed by atoms with Crippen molar-refractivity contribution in [2.24, 2.45) is 5.92 Å². The molecule has 1 aliphatic rings. The number of carbonyl (C=O) groups is 3. The van der Waals surface area contributed by atoms with Crippen molar-refractivity contribution in [3.05, 3.63) is 74.9 Å². The fourth-order valence-electron chi connectivity index (χ4n) is 3.76. The number of hydrogen-bond acceptors (Lipinski definition) is 6. The van der Waals surface area contributed by atoms with Gasteiger partial charge in [-0.25, -0.2) is 4.39 Å². The Labute approximate surface area is 210 Å². The van der Waals surface area contributed by atoms with Gasteiger partial charge in [-0.2, -0.15) is 0 Å². The summed E-state index contributed by atoms with van der Waals surface area (Å²) in [4.78, 5) is 39.2. The first-order valence-electron chi connectivity index (χ1n) is 11.1. The highest BCUT2D eigenvalue weighted by Crippen LogP contribution is 2.23. The maximum Gasteiger partial charge on any atom is 0.286 e. The molecule has 182 valence electrons. The molecule has 3 amide bonds. The zero-order chi connectivity index (χ0) is 24.8. The van der Waals surface area contributed by atoms with Crippen LogP contribution in [0.1, 0.15) is 44.4 Å². The van der Waals surface area contributed by atoms with Gasteiger partial charge in [0.25, 0.3) is 11.8 Å². The van der Waals surface area contributed by atoms with Gasteiger partial charge in [0.05, 0.1) is 0 Å². The van der Waals surface area contributed by atoms with E-state index in [9.17, 15) is 18.8 Å². The molecule has 4 rings (SSSR count). The maximum absolute atomic E-state index is 13.0.